The van der Waals surface area contributed by atoms with Crippen LogP contribution in [-0.4, -0.2) is 45.0 Å². The summed E-state index contributed by atoms with van der Waals surface area (Å²) in [7, 11) is 0. The maximum atomic E-state index is 13.5. The molecule has 3 aliphatic rings. The highest BCUT2D eigenvalue weighted by atomic mass is 16.6. The first-order valence-electron chi connectivity index (χ1n) is 10.6. The zero-order valence-corrected chi connectivity index (χ0v) is 17.4. The lowest BCUT2D eigenvalue weighted by Crippen LogP contribution is -2.52. The number of imide groups is 1. The first-order valence-corrected chi connectivity index (χ1v) is 10.6. The molecule has 9 nitrogen and oxygen atoms in total. The van der Waals surface area contributed by atoms with Gasteiger partial charge in [0.15, 0.2) is 5.78 Å². The van der Waals surface area contributed by atoms with Crippen LogP contribution in [0.1, 0.15) is 27.1 Å². The summed E-state index contributed by atoms with van der Waals surface area (Å²) in [4.78, 5) is 63.6. The van der Waals surface area contributed by atoms with Gasteiger partial charge in [-0.3, -0.25) is 29.3 Å². The number of benzene rings is 2. The number of fused-ring (bicyclic) bond motifs is 5. The molecule has 2 aromatic rings. The average Bonchev–Trinajstić information content (AvgIpc) is 3.51. The van der Waals surface area contributed by atoms with Gasteiger partial charge in [0.05, 0.1) is 16.8 Å². The van der Waals surface area contributed by atoms with Crippen LogP contribution in [0.5, 0.6) is 0 Å². The molecule has 1 saturated carbocycles. The van der Waals surface area contributed by atoms with Crippen molar-refractivity contribution in [3.8, 4) is 0 Å². The quantitative estimate of drug-likeness (QED) is 0.222. The van der Waals surface area contributed by atoms with Crippen LogP contribution in [0.4, 0.5) is 5.69 Å². The molecule has 2 aromatic carbocycles. The van der Waals surface area contributed by atoms with E-state index in [1.165, 1.54) is 18.2 Å². The van der Waals surface area contributed by atoms with Gasteiger partial charge in [-0.2, -0.15) is 5.01 Å². The molecule has 1 aliphatic heterocycles. The van der Waals surface area contributed by atoms with Gasteiger partial charge in [0, 0.05) is 23.3 Å². The summed E-state index contributed by atoms with van der Waals surface area (Å²) >= 11 is 0. The van der Waals surface area contributed by atoms with Gasteiger partial charge >= 0.3 is 0 Å². The van der Waals surface area contributed by atoms with Crippen molar-refractivity contribution in [2.75, 3.05) is 6.54 Å². The second-order valence-electron chi connectivity index (χ2n) is 8.45. The maximum Gasteiger partial charge on any atom is 0.273 e. The van der Waals surface area contributed by atoms with E-state index >= 15 is 0 Å². The molecule has 2 bridgehead atoms. The van der Waals surface area contributed by atoms with Crippen molar-refractivity contribution in [1.29, 1.82) is 0 Å². The van der Waals surface area contributed by atoms with Crippen LogP contribution >= 0.6 is 0 Å². The normalized spacial score (nSPS) is 24.8. The highest BCUT2D eigenvalue weighted by molar-refractivity contribution is 6.10. The fourth-order valence-corrected chi connectivity index (χ4v) is 5.11. The third kappa shape index (κ3) is 3.32. The molecule has 3 amide bonds. The minimum Gasteiger partial charge on any atom is -0.292 e. The maximum absolute atomic E-state index is 13.5. The number of nitro groups is 1. The highest BCUT2D eigenvalue weighted by Crippen LogP contribution is 2.52. The van der Waals surface area contributed by atoms with Gasteiger partial charge in [-0.1, -0.05) is 48.6 Å². The average molecular weight is 445 g/mol. The Labute approximate surface area is 188 Å². The first-order chi connectivity index (χ1) is 15.9. The summed E-state index contributed by atoms with van der Waals surface area (Å²) in [6.07, 6.45) is 4.59. The van der Waals surface area contributed by atoms with Gasteiger partial charge in [0.25, 0.3) is 23.4 Å². The summed E-state index contributed by atoms with van der Waals surface area (Å²) in [6, 6.07) is 13.2. The van der Waals surface area contributed by atoms with Crippen molar-refractivity contribution in [2.24, 2.45) is 23.7 Å². The largest absolute Gasteiger partial charge is 0.292 e. The molecule has 2 fully saturated rings. The third-order valence-electron chi connectivity index (χ3n) is 6.62. The number of hydrogen-bond donors (Lipinski definition) is 0. The number of allylic oxidation sites excluding steroid dienone is 2. The number of carbonyl (C=O) groups excluding carboxylic acids is 4. The number of non-ortho nitro benzene ring substituents is 1. The lowest BCUT2D eigenvalue weighted by molar-refractivity contribution is -0.384. The van der Waals surface area contributed by atoms with Crippen molar-refractivity contribution in [2.45, 2.75) is 6.42 Å². The third-order valence-corrected chi connectivity index (χ3v) is 6.62. The Balaban J connectivity index is 1.52. The van der Waals surface area contributed by atoms with Gasteiger partial charge in [-0.15, -0.1) is 0 Å². The number of nitrogens with zero attached hydrogens (tertiary/aromatic N) is 3. The van der Waals surface area contributed by atoms with Gasteiger partial charge in [-0.25, -0.2) is 5.01 Å². The number of hydrazine groups is 1. The molecule has 0 unspecified atom stereocenters. The molecular weight excluding hydrogens is 426 g/mol. The van der Waals surface area contributed by atoms with Crippen LogP contribution in [0.15, 0.2) is 66.7 Å². The smallest absolute Gasteiger partial charge is 0.273 e. The molecule has 0 aromatic heterocycles. The Bertz CT molecular complexity index is 1190. The highest BCUT2D eigenvalue weighted by Gasteiger charge is 2.61. The van der Waals surface area contributed by atoms with E-state index in [9.17, 15) is 29.3 Å². The molecule has 1 heterocycles. The number of Topliss-reactive ketones (excluding diaryl/α,β-unsaturated/α-hetero) is 1. The van der Waals surface area contributed by atoms with E-state index < -0.39 is 46.8 Å². The standard InChI is InChI=1S/C24H19N3O6/c28-19(14-5-2-1-3-6-14)13-25(22(29)17-7-4-8-18(12-17)27(32)33)26-23(30)20-15-9-10-16(11-15)21(20)24(26)31/h1-10,12,15-16,20-21H,11,13H2/t15-,16-,20-,21-/m0/s1. The lowest BCUT2D eigenvalue weighted by atomic mass is 9.85. The van der Waals surface area contributed by atoms with Gasteiger partial charge in [-0.05, 0) is 24.3 Å². The second-order valence-corrected chi connectivity index (χ2v) is 8.45. The number of carbonyl (C=O) groups is 4. The van der Waals surface area contributed by atoms with E-state index in [0.29, 0.717) is 5.56 Å². The van der Waals surface area contributed by atoms with E-state index in [1.807, 2.05) is 12.2 Å². The van der Waals surface area contributed by atoms with Crippen LogP contribution in [0, 0.1) is 33.8 Å². The molecule has 9 heteroatoms. The Morgan fingerprint density at radius 1 is 0.939 bits per heavy atom. The van der Waals surface area contributed by atoms with Gasteiger partial charge in [0.2, 0.25) is 0 Å². The fourth-order valence-electron chi connectivity index (χ4n) is 5.11. The molecule has 5 rings (SSSR count). The molecule has 0 radical (unpaired) electrons. The predicted octanol–water partition coefficient (Wildman–Crippen LogP) is 2.64. The van der Waals surface area contributed by atoms with Crippen molar-refractivity contribution in [3.63, 3.8) is 0 Å². The molecule has 1 saturated heterocycles. The minimum absolute atomic E-state index is 0.0685. The summed E-state index contributed by atoms with van der Waals surface area (Å²) in [5, 5.41) is 12.8. The monoisotopic (exact) mass is 445 g/mol. The minimum atomic E-state index is -0.829. The van der Waals surface area contributed by atoms with Crippen LogP contribution < -0.4 is 0 Å². The topological polar surface area (TPSA) is 118 Å². The molecule has 0 N–H and O–H groups in total. The molecular formula is C24H19N3O6. The number of ketones is 1. The van der Waals surface area contributed by atoms with E-state index in [0.717, 1.165) is 22.5 Å². The van der Waals surface area contributed by atoms with Crippen LogP contribution in [0.3, 0.4) is 0 Å². The van der Waals surface area contributed by atoms with Crippen LogP contribution in [0.2, 0.25) is 0 Å². The molecule has 0 spiro atoms. The summed E-state index contributed by atoms with van der Waals surface area (Å²) < 4.78 is 0. The lowest BCUT2D eigenvalue weighted by Gasteiger charge is -2.30. The summed E-state index contributed by atoms with van der Waals surface area (Å²) in [5.41, 5.74) is -0.0902. The molecule has 166 valence electrons. The number of rotatable bonds is 6. The van der Waals surface area contributed by atoms with Gasteiger partial charge < -0.3 is 0 Å². The first kappa shape index (κ1) is 20.7. The number of amides is 3. The number of nitro benzene ring substituents is 1. The van der Waals surface area contributed by atoms with Crippen LogP contribution in [0.25, 0.3) is 0 Å². The predicted molar refractivity (Wildman–Crippen MR) is 114 cm³/mol. The fraction of sp³-hybridized carbons (Fsp3) is 0.250. The Hall–Kier alpha value is -4.14. The number of hydrogen-bond acceptors (Lipinski definition) is 6. The van der Waals surface area contributed by atoms with Crippen molar-refractivity contribution >= 4 is 29.2 Å². The van der Waals surface area contributed by atoms with E-state index in [1.54, 1.807) is 30.3 Å². The SMILES string of the molecule is O=C(CN(C(=O)c1cccc([N+](=O)[O-])c1)N1C(=O)[C@@H]2[C@@H](C1=O)[C@H]1C=C[C@H]2C1)c1ccccc1. The van der Waals surface area contributed by atoms with Crippen molar-refractivity contribution < 1.29 is 24.1 Å². The zero-order valence-electron chi connectivity index (χ0n) is 17.4. The molecule has 2 aliphatic carbocycles. The Kier molecular flexibility index (Phi) is 4.88. The van der Waals surface area contributed by atoms with Crippen molar-refractivity contribution in [3.05, 3.63) is 88.0 Å². The summed E-state index contributed by atoms with van der Waals surface area (Å²) in [6.45, 7) is -0.550. The Morgan fingerprint density at radius 2 is 1.55 bits per heavy atom. The van der Waals surface area contributed by atoms with Crippen LogP contribution in [-0.2, 0) is 9.59 Å². The molecule has 33 heavy (non-hydrogen) atoms. The van der Waals surface area contributed by atoms with E-state index in [-0.39, 0.29) is 23.1 Å². The van der Waals surface area contributed by atoms with E-state index in [2.05, 4.69) is 0 Å². The molecule has 4 atom stereocenters. The van der Waals surface area contributed by atoms with E-state index in [4.69, 9.17) is 0 Å². The Morgan fingerprint density at radius 3 is 2.15 bits per heavy atom. The van der Waals surface area contributed by atoms with Crippen molar-refractivity contribution in [1.82, 2.24) is 10.0 Å². The zero-order chi connectivity index (χ0) is 23.3. The second kappa shape index (κ2) is 7.77. The van der Waals surface area contributed by atoms with Gasteiger partial charge in [0.1, 0.15) is 6.54 Å². The summed E-state index contributed by atoms with van der Waals surface area (Å²) in [5.74, 6) is -3.57.